The van der Waals surface area contributed by atoms with Gasteiger partial charge in [0.05, 0.1) is 0 Å². The highest BCUT2D eigenvalue weighted by Crippen LogP contribution is 2.14. The SMILES string of the molecule is CC(CNC1CCCN(C(C)C)CC1)CN1CCCC1. The number of rotatable bonds is 6. The Morgan fingerprint density at radius 3 is 2.40 bits per heavy atom. The molecule has 20 heavy (non-hydrogen) atoms. The van der Waals surface area contributed by atoms with Crippen molar-refractivity contribution in [3.05, 3.63) is 0 Å². The fourth-order valence-electron chi connectivity index (χ4n) is 3.68. The molecule has 2 aliphatic heterocycles. The van der Waals surface area contributed by atoms with Crippen LogP contribution in [0.2, 0.25) is 0 Å². The van der Waals surface area contributed by atoms with Crippen LogP contribution in [-0.4, -0.2) is 61.2 Å². The molecule has 0 aromatic carbocycles. The molecule has 2 atom stereocenters. The summed E-state index contributed by atoms with van der Waals surface area (Å²) in [6.45, 7) is 14.8. The fourth-order valence-corrected chi connectivity index (χ4v) is 3.68. The molecule has 2 rings (SSSR count). The lowest BCUT2D eigenvalue weighted by molar-refractivity contribution is 0.228. The minimum Gasteiger partial charge on any atom is -0.314 e. The third-order valence-corrected chi connectivity index (χ3v) is 5.02. The molecule has 0 aromatic rings. The number of hydrogen-bond donors (Lipinski definition) is 1. The van der Waals surface area contributed by atoms with Crippen molar-refractivity contribution in [1.29, 1.82) is 0 Å². The maximum absolute atomic E-state index is 3.84. The van der Waals surface area contributed by atoms with Crippen LogP contribution in [0.4, 0.5) is 0 Å². The quantitative estimate of drug-likeness (QED) is 0.807. The van der Waals surface area contributed by atoms with E-state index in [0.717, 1.165) is 12.0 Å². The van der Waals surface area contributed by atoms with Gasteiger partial charge in [0.15, 0.2) is 0 Å². The largest absolute Gasteiger partial charge is 0.314 e. The summed E-state index contributed by atoms with van der Waals surface area (Å²) < 4.78 is 0. The van der Waals surface area contributed by atoms with E-state index < -0.39 is 0 Å². The van der Waals surface area contributed by atoms with E-state index in [2.05, 4.69) is 35.9 Å². The lowest BCUT2D eigenvalue weighted by atomic mass is 10.1. The van der Waals surface area contributed by atoms with Gasteiger partial charge in [-0.3, -0.25) is 0 Å². The first-order chi connectivity index (χ1) is 9.65. The fraction of sp³-hybridized carbons (Fsp3) is 1.00. The maximum Gasteiger partial charge on any atom is 0.00798 e. The molecule has 0 spiro atoms. The highest BCUT2D eigenvalue weighted by Gasteiger charge is 2.19. The van der Waals surface area contributed by atoms with E-state index in [1.165, 1.54) is 71.4 Å². The van der Waals surface area contributed by atoms with E-state index in [9.17, 15) is 0 Å². The summed E-state index contributed by atoms with van der Waals surface area (Å²) in [6, 6.07) is 1.46. The van der Waals surface area contributed by atoms with Crippen LogP contribution < -0.4 is 5.32 Å². The van der Waals surface area contributed by atoms with Crippen molar-refractivity contribution in [1.82, 2.24) is 15.1 Å². The van der Waals surface area contributed by atoms with E-state index >= 15 is 0 Å². The first kappa shape index (κ1) is 16.3. The smallest absolute Gasteiger partial charge is 0.00798 e. The standard InChI is InChI=1S/C17H35N3/c1-15(2)20-11-6-7-17(8-12-20)18-13-16(3)14-19-9-4-5-10-19/h15-18H,4-14H2,1-3H3. The zero-order valence-electron chi connectivity index (χ0n) is 13.9. The molecular formula is C17H35N3. The third kappa shape index (κ3) is 5.34. The molecule has 0 bridgehead atoms. The Morgan fingerprint density at radius 2 is 1.70 bits per heavy atom. The Kier molecular flexibility index (Phi) is 6.79. The minimum absolute atomic E-state index is 0.711. The molecule has 3 heteroatoms. The van der Waals surface area contributed by atoms with Crippen LogP contribution in [0.25, 0.3) is 0 Å². The first-order valence-corrected chi connectivity index (χ1v) is 8.85. The molecular weight excluding hydrogens is 246 g/mol. The van der Waals surface area contributed by atoms with Gasteiger partial charge in [-0.25, -0.2) is 0 Å². The number of nitrogens with one attached hydrogen (secondary N) is 1. The molecule has 118 valence electrons. The zero-order chi connectivity index (χ0) is 14.4. The predicted molar refractivity (Wildman–Crippen MR) is 87.2 cm³/mol. The van der Waals surface area contributed by atoms with Gasteiger partial charge in [0, 0.05) is 18.6 Å². The van der Waals surface area contributed by atoms with Crippen LogP contribution >= 0.6 is 0 Å². The Labute approximate surface area is 126 Å². The summed E-state index contributed by atoms with van der Waals surface area (Å²) in [5.74, 6) is 0.789. The Morgan fingerprint density at radius 1 is 0.950 bits per heavy atom. The molecule has 2 saturated heterocycles. The van der Waals surface area contributed by atoms with Gasteiger partial charge in [0.2, 0.25) is 0 Å². The van der Waals surface area contributed by atoms with Crippen molar-refractivity contribution in [3.8, 4) is 0 Å². The molecule has 0 radical (unpaired) electrons. The summed E-state index contributed by atoms with van der Waals surface area (Å²) in [7, 11) is 0. The van der Waals surface area contributed by atoms with Crippen LogP contribution in [0.3, 0.4) is 0 Å². The normalized spacial score (nSPS) is 27.9. The molecule has 2 heterocycles. The summed E-state index contributed by atoms with van der Waals surface area (Å²) in [6.07, 6.45) is 6.87. The van der Waals surface area contributed by atoms with Crippen molar-refractivity contribution in [2.24, 2.45) is 5.92 Å². The van der Waals surface area contributed by atoms with Crippen LogP contribution in [0.15, 0.2) is 0 Å². The summed E-state index contributed by atoms with van der Waals surface area (Å²) in [5.41, 5.74) is 0. The second-order valence-corrected chi connectivity index (χ2v) is 7.28. The average molecular weight is 281 g/mol. The first-order valence-electron chi connectivity index (χ1n) is 8.85. The lowest BCUT2D eigenvalue weighted by Crippen LogP contribution is -2.38. The zero-order valence-corrected chi connectivity index (χ0v) is 13.9. The monoisotopic (exact) mass is 281 g/mol. The second kappa shape index (κ2) is 8.35. The molecule has 3 nitrogen and oxygen atoms in total. The van der Waals surface area contributed by atoms with Crippen molar-refractivity contribution in [2.45, 2.75) is 65.0 Å². The Bertz CT molecular complexity index is 261. The highest BCUT2D eigenvalue weighted by molar-refractivity contribution is 4.78. The second-order valence-electron chi connectivity index (χ2n) is 7.28. The van der Waals surface area contributed by atoms with Crippen molar-refractivity contribution >= 4 is 0 Å². The van der Waals surface area contributed by atoms with Gasteiger partial charge >= 0.3 is 0 Å². The molecule has 2 aliphatic rings. The van der Waals surface area contributed by atoms with Crippen molar-refractivity contribution in [2.75, 3.05) is 39.3 Å². The van der Waals surface area contributed by atoms with Gasteiger partial charge in [0.25, 0.3) is 0 Å². The van der Waals surface area contributed by atoms with Crippen molar-refractivity contribution < 1.29 is 0 Å². The summed E-state index contributed by atoms with van der Waals surface area (Å²) >= 11 is 0. The van der Waals surface area contributed by atoms with E-state index in [1.54, 1.807) is 0 Å². The van der Waals surface area contributed by atoms with E-state index in [1.807, 2.05) is 0 Å². The minimum atomic E-state index is 0.711. The topological polar surface area (TPSA) is 18.5 Å². The molecule has 2 unspecified atom stereocenters. The van der Waals surface area contributed by atoms with Crippen molar-refractivity contribution in [3.63, 3.8) is 0 Å². The van der Waals surface area contributed by atoms with E-state index in [0.29, 0.717) is 6.04 Å². The Balaban J connectivity index is 1.63. The lowest BCUT2D eigenvalue weighted by Gasteiger charge is -2.25. The molecule has 1 N–H and O–H groups in total. The Hall–Kier alpha value is -0.120. The molecule has 2 fully saturated rings. The molecule has 0 amide bonds. The predicted octanol–water partition coefficient (Wildman–Crippen LogP) is 2.57. The van der Waals surface area contributed by atoms with E-state index in [-0.39, 0.29) is 0 Å². The van der Waals surface area contributed by atoms with Crippen LogP contribution in [0, 0.1) is 5.92 Å². The van der Waals surface area contributed by atoms with Gasteiger partial charge < -0.3 is 15.1 Å². The number of likely N-dealkylation sites (tertiary alicyclic amines) is 2. The number of nitrogens with zero attached hydrogens (tertiary/aromatic N) is 2. The van der Waals surface area contributed by atoms with Gasteiger partial charge in [-0.05, 0) is 84.6 Å². The van der Waals surface area contributed by atoms with E-state index in [4.69, 9.17) is 0 Å². The van der Waals surface area contributed by atoms with Crippen LogP contribution in [0.5, 0.6) is 0 Å². The average Bonchev–Trinajstić information content (AvgIpc) is 2.79. The molecule has 0 aliphatic carbocycles. The maximum atomic E-state index is 3.84. The van der Waals surface area contributed by atoms with Crippen LogP contribution in [-0.2, 0) is 0 Å². The van der Waals surface area contributed by atoms with Gasteiger partial charge in [0.1, 0.15) is 0 Å². The summed E-state index contributed by atoms with van der Waals surface area (Å²) in [5, 5.41) is 3.84. The van der Waals surface area contributed by atoms with Gasteiger partial charge in [-0.15, -0.1) is 0 Å². The molecule has 0 aromatic heterocycles. The molecule has 0 saturated carbocycles. The van der Waals surface area contributed by atoms with Gasteiger partial charge in [-0.2, -0.15) is 0 Å². The summed E-state index contributed by atoms with van der Waals surface area (Å²) in [4.78, 5) is 5.27. The van der Waals surface area contributed by atoms with Gasteiger partial charge in [-0.1, -0.05) is 6.92 Å². The highest BCUT2D eigenvalue weighted by atomic mass is 15.2. The van der Waals surface area contributed by atoms with Crippen LogP contribution in [0.1, 0.15) is 52.9 Å². The third-order valence-electron chi connectivity index (χ3n) is 5.02. The number of hydrogen-bond acceptors (Lipinski definition) is 3.